The number of benzene rings is 1. The van der Waals surface area contributed by atoms with Crippen LogP contribution in [0.4, 0.5) is 0 Å². The van der Waals surface area contributed by atoms with E-state index < -0.39 is 11.6 Å². The molecule has 70 valence electrons. The lowest BCUT2D eigenvalue weighted by Gasteiger charge is -2.18. The minimum absolute atomic E-state index is 0.128. The SMILES string of the molecule is NC(N)(Cc1ccccc1)C(=O)O. The minimum atomic E-state index is -1.68. The highest BCUT2D eigenvalue weighted by Gasteiger charge is 2.28. The van der Waals surface area contributed by atoms with E-state index in [1.54, 1.807) is 12.1 Å². The van der Waals surface area contributed by atoms with Crippen LogP contribution in [-0.4, -0.2) is 16.7 Å². The third-order valence-electron chi connectivity index (χ3n) is 1.74. The predicted octanol–water partition coefficient (Wildman–Crippen LogP) is -0.0726. The molecule has 0 bridgehead atoms. The highest BCUT2D eigenvalue weighted by atomic mass is 16.4. The summed E-state index contributed by atoms with van der Waals surface area (Å²) in [5.41, 5.74) is 9.88. The summed E-state index contributed by atoms with van der Waals surface area (Å²) in [4.78, 5) is 10.6. The number of carboxylic acid groups (broad SMARTS) is 1. The topological polar surface area (TPSA) is 89.3 Å². The van der Waals surface area contributed by atoms with E-state index in [-0.39, 0.29) is 6.42 Å². The van der Waals surface area contributed by atoms with Crippen molar-refractivity contribution < 1.29 is 9.90 Å². The zero-order chi connectivity index (χ0) is 9.90. The first-order valence-corrected chi connectivity index (χ1v) is 3.87. The van der Waals surface area contributed by atoms with Gasteiger partial charge in [-0.2, -0.15) is 0 Å². The molecule has 1 rings (SSSR count). The molecule has 0 aliphatic rings. The molecule has 1 aromatic carbocycles. The fourth-order valence-corrected chi connectivity index (χ4v) is 1.01. The molecule has 0 aromatic heterocycles. The van der Waals surface area contributed by atoms with Gasteiger partial charge in [-0.05, 0) is 5.56 Å². The maximum atomic E-state index is 10.6. The summed E-state index contributed by atoms with van der Waals surface area (Å²) in [6.45, 7) is 0. The molecule has 0 aliphatic heterocycles. The Morgan fingerprint density at radius 1 is 1.31 bits per heavy atom. The summed E-state index contributed by atoms with van der Waals surface area (Å²) in [5.74, 6) is -1.20. The quantitative estimate of drug-likeness (QED) is 0.568. The molecular weight excluding hydrogens is 168 g/mol. The number of carbonyl (C=O) groups is 1. The normalized spacial score (nSPS) is 11.2. The van der Waals surface area contributed by atoms with E-state index in [0.717, 1.165) is 5.56 Å². The third-order valence-corrected chi connectivity index (χ3v) is 1.74. The minimum Gasteiger partial charge on any atom is -0.479 e. The Labute approximate surface area is 76.2 Å². The van der Waals surface area contributed by atoms with Crippen LogP contribution in [0.5, 0.6) is 0 Å². The zero-order valence-electron chi connectivity index (χ0n) is 7.10. The second-order valence-electron chi connectivity index (χ2n) is 3.01. The molecule has 0 atom stereocenters. The van der Waals surface area contributed by atoms with E-state index in [1.807, 2.05) is 18.2 Å². The van der Waals surface area contributed by atoms with E-state index in [2.05, 4.69) is 0 Å². The van der Waals surface area contributed by atoms with E-state index in [9.17, 15) is 4.79 Å². The van der Waals surface area contributed by atoms with Crippen molar-refractivity contribution in [1.29, 1.82) is 0 Å². The van der Waals surface area contributed by atoms with Gasteiger partial charge in [0.15, 0.2) is 5.66 Å². The molecule has 4 nitrogen and oxygen atoms in total. The van der Waals surface area contributed by atoms with Crippen LogP contribution >= 0.6 is 0 Å². The second kappa shape index (κ2) is 3.55. The molecule has 0 radical (unpaired) electrons. The van der Waals surface area contributed by atoms with Crippen molar-refractivity contribution in [1.82, 2.24) is 0 Å². The first-order chi connectivity index (χ1) is 6.02. The largest absolute Gasteiger partial charge is 0.479 e. The standard InChI is InChI=1S/C9H12N2O2/c10-9(11,8(12)13)6-7-4-2-1-3-5-7/h1-5H,6,10-11H2,(H,12,13). The summed E-state index contributed by atoms with van der Waals surface area (Å²) in [5, 5.41) is 8.65. The second-order valence-corrected chi connectivity index (χ2v) is 3.01. The first kappa shape index (κ1) is 9.70. The first-order valence-electron chi connectivity index (χ1n) is 3.87. The molecular formula is C9H12N2O2. The molecule has 1 aromatic rings. The predicted molar refractivity (Wildman–Crippen MR) is 48.9 cm³/mol. The average molecular weight is 180 g/mol. The van der Waals surface area contributed by atoms with Crippen molar-refractivity contribution in [2.24, 2.45) is 11.5 Å². The maximum absolute atomic E-state index is 10.6. The molecule has 5 N–H and O–H groups in total. The van der Waals surface area contributed by atoms with Gasteiger partial charge in [0, 0.05) is 6.42 Å². The van der Waals surface area contributed by atoms with Crippen LogP contribution in [0.1, 0.15) is 5.56 Å². The van der Waals surface area contributed by atoms with Gasteiger partial charge in [0.25, 0.3) is 0 Å². The van der Waals surface area contributed by atoms with Crippen molar-refractivity contribution in [2.75, 3.05) is 0 Å². The van der Waals surface area contributed by atoms with Crippen LogP contribution in [-0.2, 0) is 11.2 Å². The third kappa shape index (κ3) is 2.54. The fourth-order valence-electron chi connectivity index (χ4n) is 1.01. The van der Waals surface area contributed by atoms with Gasteiger partial charge in [0.1, 0.15) is 0 Å². The molecule has 0 amide bonds. The van der Waals surface area contributed by atoms with Crippen molar-refractivity contribution in [3.05, 3.63) is 35.9 Å². The lowest BCUT2D eigenvalue weighted by Crippen LogP contribution is -2.58. The van der Waals surface area contributed by atoms with Crippen molar-refractivity contribution >= 4 is 5.97 Å². The highest BCUT2D eigenvalue weighted by molar-refractivity contribution is 5.77. The molecule has 0 unspecified atom stereocenters. The van der Waals surface area contributed by atoms with Gasteiger partial charge >= 0.3 is 5.97 Å². The van der Waals surface area contributed by atoms with Crippen LogP contribution in [0.15, 0.2) is 30.3 Å². The van der Waals surface area contributed by atoms with Crippen LogP contribution in [0.2, 0.25) is 0 Å². The Morgan fingerprint density at radius 2 is 1.85 bits per heavy atom. The van der Waals surface area contributed by atoms with Gasteiger partial charge in [-0.1, -0.05) is 30.3 Å². The zero-order valence-corrected chi connectivity index (χ0v) is 7.10. The van der Waals surface area contributed by atoms with Crippen molar-refractivity contribution in [3.63, 3.8) is 0 Å². The lowest BCUT2D eigenvalue weighted by atomic mass is 10.0. The molecule has 4 heteroatoms. The number of aliphatic carboxylic acids is 1. The number of carboxylic acids is 1. The van der Waals surface area contributed by atoms with E-state index in [4.69, 9.17) is 16.6 Å². The van der Waals surface area contributed by atoms with Crippen molar-refractivity contribution in [2.45, 2.75) is 12.1 Å². The van der Waals surface area contributed by atoms with E-state index in [1.165, 1.54) is 0 Å². The molecule has 13 heavy (non-hydrogen) atoms. The molecule has 0 spiro atoms. The molecule has 0 heterocycles. The van der Waals surface area contributed by atoms with Gasteiger partial charge < -0.3 is 16.6 Å². The Morgan fingerprint density at radius 3 is 2.31 bits per heavy atom. The Kier molecular flexibility index (Phi) is 2.65. The molecule has 0 aliphatic carbocycles. The van der Waals surface area contributed by atoms with Gasteiger partial charge in [-0.3, -0.25) is 0 Å². The average Bonchev–Trinajstić information content (AvgIpc) is 2.05. The van der Waals surface area contributed by atoms with Crippen LogP contribution < -0.4 is 11.5 Å². The number of rotatable bonds is 3. The van der Waals surface area contributed by atoms with Gasteiger partial charge in [0.05, 0.1) is 0 Å². The molecule has 0 fully saturated rings. The Hall–Kier alpha value is -1.39. The van der Waals surface area contributed by atoms with E-state index >= 15 is 0 Å². The maximum Gasteiger partial charge on any atom is 0.338 e. The Bertz CT molecular complexity index is 296. The Balaban J connectivity index is 2.75. The highest BCUT2D eigenvalue weighted by Crippen LogP contribution is 2.06. The van der Waals surface area contributed by atoms with Crippen LogP contribution in [0.25, 0.3) is 0 Å². The van der Waals surface area contributed by atoms with Gasteiger partial charge in [0.2, 0.25) is 0 Å². The summed E-state index contributed by atoms with van der Waals surface area (Å²) >= 11 is 0. The molecule has 0 saturated heterocycles. The molecule has 0 saturated carbocycles. The summed E-state index contributed by atoms with van der Waals surface area (Å²) in [6, 6.07) is 9.05. The number of hydrogen-bond donors (Lipinski definition) is 3. The summed E-state index contributed by atoms with van der Waals surface area (Å²) in [7, 11) is 0. The van der Waals surface area contributed by atoms with Crippen LogP contribution in [0, 0.1) is 0 Å². The summed E-state index contributed by atoms with van der Waals surface area (Å²) in [6.07, 6.45) is 0.128. The fraction of sp³-hybridized carbons (Fsp3) is 0.222. The van der Waals surface area contributed by atoms with Crippen LogP contribution in [0.3, 0.4) is 0 Å². The summed E-state index contributed by atoms with van der Waals surface area (Å²) < 4.78 is 0. The van der Waals surface area contributed by atoms with Gasteiger partial charge in [-0.25, -0.2) is 4.79 Å². The van der Waals surface area contributed by atoms with Crippen molar-refractivity contribution in [3.8, 4) is 0 Å². The smallest absolute Gasteiger partial charge is 0.338 e. The van der Waals surface area contributed by atoms with E-state index in [0.29, 0.717) is 0 Å². The van der Waals surface area contributed by atoms with Gasteiger partial charge in [-0.15, -0.1) is 0 Å². The monoisotopic (exact) mass is 180 g/mol. The number of nitrogens with two attached hydrogens (primary N) is 2. The lowest BCUT2D eigenvalue weighted by molar-refractivity contribution is -0.143. The number of hydrogen-bond acceptors (Lipinski definition) is 3.